The van der Waals surface area contributed by atoms with Crippen LogP contribution in [0.25, 0.3) is 0 Å². The largest absolute Gasteiger partial charge is 0.0622 e. The molecular formula is C19H24. The molecule has 2 rings (SSSR count). The third-order valence-corrected chi connectivity index (χ3v) is 3.73. The maximum absolute atomic E-state index is 2.30. The second kappa shape index (κ2) is 5.61. The van der Waals surface area contributed by atoms with Crippen LogP contribution in [0, 0.1) is 0 Å². The predicted molar refractivity (Wildman–Crippen MR) is 83.7 cm³/mol. The summed E-state index contributed by atoms with van der Waals surface area (Å²) in [6.07, 6.45) is 1.11. The van der Waals surface area contributed by atoms with Crippen molar-refractivity contribution in [2.24, 2.45) is 0 Å². The van der Waals surface area contributed by atoms with Crippen LogP contribution in [-0.4, -0.2) is 0 Å². The molecule has 19 heavy (non-hydrogen) atoms. The van der Waals surface area contributed by atoms with E-state index in [9.17, 15) is 0 Å². The maximum Gasteiger partial charge on any atom is -0.0132 e. The highest BCUT2D eigenvalue weighted by Crippen LogP contribution is 2.26. The molecule has 0 aliphatic rings. The van der Waals surface area contributed by atoms with Crippen molar-refractivity contribution < 1.29 is 0 Å². The fourth-order valence-electron chi connectivity index (χ4n) is 2.40. The lowest BCUT2D eigenvalue weighted by molar-refractivity contribution is 0.589. The van der Waals surface area contributed by atoms with E-state index < -0.39 is 0 Å². The van der Waals surface area contributed by atoms with Crippen molar-refractivity contribution in [3.8, 4) is 0 Å². The van der Waals surface area contributed by atoms with Gasteiger partial charge in [0.1, 0.15) is 0 Å². The van der Waals surface area contributed by atoms with Gasteiger partial charge in [-0.1, -0.05) is 82.3 Å². The second-order valence-electron chi connectivity index (χ2n) is 6.46. The minimum absolute atomic E-state index is 0.237. The summed E-state index contributed by atoms with van der Waals surface area (Å²) in [7, 11) is 0. The van der Waals surface area contributed by atoms with Crippen molar-refractivity contribution in [2.75, 3.05) is 0 Å². The molecule has 0 N–H and O–H groups in total. The van der Waals surface area contributed by atoms with Gasteiger partial charge in [0, 0.05) is 0 Å². The summed E-state index contributed by atoms with van der Waals surface area (Å²) < 4.78 is 0. The first-order valence-corrected chi connectivity index (χ1v) is 7.11. The third-order valence-electron chi connectivity index (χ3n) is 3.73. The Bertz CT molecular complexity index is 500. The van der Waals surface area contributed by atoms with E-state index in [-0.39, 0.29) is 5.41 Å². The van der Waals surface area contributed by atoms with Crippen molar-refractivity contribution >= 4 is 0 Å². The van der Waals surface area contributed by atoms with Gasteiger partial charge in [0.15, 0.2) is 0 Å². The molecule has 100 valence electrons. The zero-order valence-corrected chi connectivity index (χ0v) is 12.5. The Hall–Kier alpha value is -1.56. The minimum Gasteiger partial charge on any atom is -0.0622 e. The Morgan fingerprint density at radius 2 is 1.42 bits per heavy atom. The van der Waals surface area contributed by atoms with Gasteiger partial charge in [-0.2, -0.15) is 0 Å². The molecule has 2 aromatic carbocycles. The molecule has 0 spiro atoms. The number of hydrogen-bond acceptors (Lipinski definition) is 0. The van der Waals surface area contributed by atoms with Gasteiger partial charge in [0.05, 0.1) is 0 Å². The summed E-state index contributed by atoms with van der Waals surface area (Å²) in [5.41, 5.74) is 4.48. The second-order valence-corrected chi connectivity index (χ2v) is 6.46. The van der Waals surface area contributed by atoms with Crippen molar-refractivity contribution in [1.29, 1.82) is 0 Å². The van der Waals surface area contributed by atoms with Gasteiger partial charge < -0.3 is 0 Å². The molecule has 0 saturated heterocycles. The fourth-order valence-corrected chi connectivity index (χ4v) is 2.40. The third kappa shape index (κ3) is 3.70. The number of benzene rings is 2. The van der Waals surface area contributed by atoms with Crippen molar-refractivity contribution in [2.45, 2.75) is 45.4 Å². The molecule has 0 heteroatoms. The summed E-state index contributed by atoms with van der Waals surface area (Å²) >= 11 is 0. The van der Waals surface area contributed by atoms with Gasteiger partial charge in [-0.3, -0.25) is 0 Å². The standard InChI is InChI=1S/C19H24/c1-15(14-16-8-6-5-7-9-16)17-10-12-18(13-11-17)19(2,3)4/h5-13,15H,14H2,1-4H3. The molecule has 0 radical (unpaired) electrons. The van der Waals surface area contributed by atoms with Crippen molar-refractivity contribution in [3.05, 3.63) is 71.3 Å². The summed E-state index contributed by atoms with van der Waals surface area (Å²) in [5, 5.41) is 0. The molecular weight excluding hydrogens is 228 g/mol. The molecule has 0 aromatic heterocycles. The highest BCUT2D eigenvalue weighted by Gasteiger charge is 2.14. The van der Waals surface area contributed by atoms with Gasteiger partial charge in [-0.15, -0.1) is 0 Å². The van der Waals surface area contributed by atoms with Crippen molar-refractivity contribution in [3.63, 3.8) is 0 Å². The lowest BCUT2D eigenvalue weighted by Crippen LogP contribution is -2.11. The molecule has 0 aliphatic carbocycles. The highest BCUT2D eigenvalue weighted by atomic mass is 14.2. The monoisotopic (exact) mass is 252 g/mol. The number of hydrogen-bond donors (Lipinski definition) is 0. The van der Waals surface area contributed by atoms with E-state index in [4.69, 9.17) is 0 Å². The Labute approximate surface area is 117 Å². The zero-order chi connectivity index (χ0) is 13.9. The highest BCUT2D eigenvalue weighted by molar-refractivity contribution is 5.30. The lowest BCUT2D eigenvalue weighted by Gasteiger charge is -2.20. The number of rotatable bonds is 3. The molecule has 0 aliphatic heterocycles. The van der Waals surface area contributed by atoms with Gasteiger partial charge >= 0.3 is 0 Å². The first-order chi connectivity index (χ1) is 8.97. The molecule has 0 amide bonds. The fraction of sp³-hybridized carbons (Fsp3) is 0.368. The van der Waals surface area contributed by atoms with Crippen LogP contribution < -0.4 is 0 Å². The molecule has 2 aromatic rings. The van der Waals surface area contributed by atoms with Gasteiger partial charge in [0.2, 0.25) is 0 Å². The Balaban J connectivity index is 2.10. The van der Waals surface area contributed by atoms with E-state index in [1.165, 1.54) is 16.7 Å². The van der Waals surface area contributed by atoms with Crippen LogP contribution in [-0.2, 0) is 11.8 Å². The van der Waals surface area contributed by atoms with E-state index in [0.29, 0.717) is 5.92 Å². The molecule has 0 heterocycles. The van der Waals surface area contributed by atoms with Gasteiger partial charge in [-0.25, -0.2) is 0 Å². The Kier molecular flexibility index (Phi) is 4.09. The minimum atomic E-state index is 0.237. The maximum atomic E-state index is 2.30. The first kappa shape index (κ1) is 13.9. The summed E-state index contributed by atoms with van der Waals surface area (Å²) in [6.45, 7) is 9.08. The average Bonchev–Trinajstić information content (AvgIpc) is 2.39. The van der Waals surface area contributed by atoms with Crippen LogP contribution in [0.5, 0.6) is 0 Å². The lowest BCUT2D eigenvalue weighted by atomic mass is 9.85. The predicted octanol–water partition coefficient (Wildman–Crippen LogP) is 5.33. The van der Waals surface area contributed by atoms with Gasteiger partial charge in [0.25, 0.3) is 0 Å². The van der Waals surface area contributed by atoms with E-state index >= 15 is 0 Å². The smallest absolute Gasteiger partial charge is 0.0132 e. The van der Waals surface area contributed by atoms with Crippen LogP contribution in [0.2, 0.25) is 0 Å². The Morgan fingerprint density at radius 1 is 0.842 bits per heavy atom. The van der Waals surface area contributed by atoms with E-state index in [1.807, 2.05) is 0 Å². The quantitative estimate of drug-likeness (QED) is 0.692. The normalized spacial score (nSPS) is 13.3. The van der Waals surface area contributed by atoms with E-state index in [0.717, 1.165) is 6.42 Å². The molecule has 0 saturated carbocycles. The molecule has 0 nitrogen and oxygen atoms in total. The zero-order valence-electron chi connectivity index (χ0n) is 12.5. The molecule has 0 bridgehead atoms. The summed E-state index contributed by atoms with van der Waals surface area (Å²) in [5.74, 6) is 0.566. The summed E-state index contributed by atoms with van der Waals surface area (Å²) in [6, 6.07) is 19.8. The van der Waals surface area contributed by atoms with Crippen LogP contribution in [0.15, 0.2) is 54.6 Å². The van der Waals surface area contributed by atoms with Gasteiger partial charge in [-0.05, 0) is 34.4 Å². The topological polar surface area (TPSA) is 0 Å². The van der Waals surface area contributed by atoms with Crippen LogP contribution in [0.1, 0.15) is 50.3 Å². The van der Waals surface area contributed by atoms with E-state index in [1.54, 1.807) is 0 Å². The van der Waals surface area contributed by atoms with Crippen LogP contribution in [0.3, 0.4) is 0 Å². The van der Waals surface area contributed by atoms with Crippen LogP contribution >= 0.6 is 0 Å². The van der Waals surface area contributed by atoms with Crippen molar-refractivity contribution in [1.82, 2.24) is 0 Å². The first-order valence-electron chi connectivity index (χ1n) is 7.11. The molecule has 1 atom stereocenters. The molecule has 0 fully saturated rings. The van der Waals surface area contributed by atoms with E-state index in [2.05, 4.69) is 82.3 Å². The summed E-state index contributed by atoms with van der Waals surface area (Å²) in [4.78, 5) is 0. The average molecular weight is 252 g/mol. The Morgan fingerprint density at radius 3 is 1.95 bits per heavy atom. The SMILES string of the molecule is CC(Cc1ccccc1)c1ccc(C(C)(C)C)cc1. The van der Waals surface area contributed by atoms with Crippen LogP contribution in [0.4, 0.5) is 0 Å². The molecule has 1 unspecified atom stereocenters.